The maximum atomic E-state index is 12.1. The Morgan fingerprint density at radius 2 is 1.89 bits per heavy atom. The maximum absolute atomic E-state index is 12.1. The molecule has 0 heterocycles. The minimum atomic E-state index is -0.460. The third-order valence-corrected chi connectivity index (χ3v) is 4.50. The molecule has 0 saturated carbocycles. The van der Waals surface area contributed by atoms with Crippen molar-refractivity contribution in [2.24, 2.45) is 27.3 Å². The van der Waals surface area contributed by atoms with Crippen molar-refractivity contribution in [3.05, 3.63) is 26.6 Å². The van der Waals surface area contributed by atoms with Gasteiger partial charge in [-0.15, -0.1) is 0 Å². The Hall–Kier alpha value is -1.85. The number of rotatable bonds is 11. The molecule has 0 aliphatic carbocycles. The zero-order valence-electron chi connectivity index (χ0n) is 14.8. The van der Waals surface area contributed by atoms with Crippen molar-refractivity contribution < 1.29 is 14.7 Å². The number of nitrogens with one attached hydrogen (secondary N) is 1. The number of benzene rings is 1. The van der Waals surface area contributed by atoms with Gasteiger partial charge in [0.25, 0.3) is 5.91 Å². The molecule has 1 amide bonds. The van der Waals surface area contributed by atoms with Crippen LogP contribution in [-0.2, 0) is 11.2 Å². The molecule has 0 aromatic heterocycles. The Morgan fingerprint density at radius 3 is 2.44 bits per heavy atom. The molecule has 8 N–H and O–H groups in total. The smallest absolute Gasteiger partial charge is 0.269 e. The minimum absolute atomic E-state index is 0.00513. The Morgan fingerprint density at radius 1 is 1.22 bits per heavy atom. The van der Waals surface area contributed by atoms with Gasteiger partial charge in [-0.25, -0.2) is 0 Å². The molecule has 9 nitrogen and oxygen atoms in total. The summed E-state index contributed by atoms with van der Waals surface area (Å²) < 4.78 is 7.12. The lowest BCUT2D eigenvalue weighted by Gasteiger charge is -2.12. The molecule has 0 atom stereocenters. The Kier molecular flexibility index (Phi) is 10.8. The van der Waals surface area contributed by atoms with Crippen LogP contribution in [0, 0.1) is 0 Å². The van der Waals surface area contributed by atoms with Gasteiger partial charge >= 0.3 is 0 Å². The highest BCUT2D eigenvalue weighted by Crippen LogP contribution is 2.35. The number of hydrogen-bond donors (Lipinski definition) is 5. The number of guanidine groups is 1. The number of hydrogen-bond acceptors (Lipinski definition) is 6. The van der Waals surface area contributed by atoms with Crippen LogP contribution in [0.5, 0.6) is 5.75 Å². The summed E-state index contributed by atoms with van der Waals surface area (Å²) in [6, 6.07) is 3.61. The molecule has 0 fully saturated rings. The van der Waals surface area contributed by atoms with Crippen molar-refractivity contribution in [1.29, 1.82) is 0 Å². The van der Waals surface area contributed by atoms with E-state index in [2.05, 4.69) is 47.3 Å². The van der Waals surface area contributed by atoms with Gasteiger partial charge in [-0.2, -0.15) is 0 Å². The average Bonchev–Trinajstić information content (AvgIpc) is 2.61. The van der Waals surface area contributed by atoms with E-state index >= 15 is 0 Å². The Labute approximate surface area is 174 Å². The van der Waals surface area contributed by atoms with Crippen LogP contribution < -0.4 is 27.3 Å². The van der Waals surface area contributed by atoms with E-state index < -0.39 is 5.91 Å². The average molecular weight is 508 g/mol. The first-order valence-corrected chi connectivity index (χ1v) is 9.83. The van der Waals surface area contributed by atoms with Crippen LogP contribution in [0.4, 0.5) is 0 Å². The minimum Gasteiger partial charge on any atom is -0.491 e. The number of ether oxygens (including phenoxy) is 1. The summed E-state index contributed by atoms with van der Waals surface area (Å²) >= 11 is 6.90. The fraction of sp³-hybridized carbons (Fsp3) is 0.438. The fourth-order valence-corrected chi connectivity index (χ4v) is 3.57. The van der Waals surface area contributed by atoms with Crippen LogP contribution in [-0.4, -0.2) is 49.0 Å². The molecule has 11 heteroatoms. The number of oxime groups is 1. The van der Waals surface area contributed by atoms with Gasteiger partial charge in [-0.3, -0.25) is 9.79 Å². The van der Waals surface area contributed by atoms with Gasteiger partial charge < -0.3 is 32.5 Å². The van der Waals surface area contributed by atoms with E-state index in [9.17, 15) is 10.0 Å². The van der Waals surface area contributed by atoms with Crippen molar-refractivity contribution >= 4 is 49.4 Å². The predicted molar refractivity (Wildman–Crippen MR) is 112 cm³/mol. The lowest BCUT2D eigenvalue weighted by Crippen LogP contribution is -2.33. The summed E-state index contributed by atoms with van der Waals surface area (Å²) in [5.41, 5.74) is 16.7. The number of carbonyl (C=O) groups excluding carboxylic acids is 1. The molecule has 1 rings (SSSR count). The van der Waals surface area contributed by atoms with Crippen molar-refractivity contribution in [2.45, 2.75) is 19.3 Å². The highest BCUT2D eigenvalue weighted by molar-refractivity contribution is 9.11. The maximum Gasteiger partial charge on any atom is 0.269 e. The van der Waals surface area contributed by atoms with Crippen molar-refractivity contribution in [2.75, 3.05) is 26.2 Å². The van der Waals surface area contributed by atoms with E-state index in [0.29, 0.717) is 38.4 Å². The normalized spacial score (nSPS) is 11.1. The lowest BCUT2D eigenvalue weighted by molar-refractivity contribution is -0.115. The zero-order chi connectivity index (χ0) is 20.2. The van der Waals surface area contributed by atoms with E-state index in [1.807, 2.05) is 0 Å². The summed E-state index contributed by atoms with van der Waals surface area (Å²) in [5.74, 6) is 0.196. The van der Waals surface area contributed by atoms with Gasteiger partial charge in [-0.1, -0.05) is 5.16 Å². The highest BCUT2D eigenvalue weighted by Gasteiger charge is 2.15. The van der Waals surface area contributed by atoms with Crippen LogP contribution >= 0.6 is 31.9 Å². The van der Waals surface area contributed by atoms with Gasteiger partial charge in [-0.05, 0) is 68.9 Å². The second-order valence-corrected chi connectivity index (χ2v) is 7.23. The lowest BCUT2D eigenvalue weighted by atomic mass is 10.1. The van der Waals surface area contributed by atoms with Crippen molar-refractivity contribution in [3.8, 4) is 5.75 Å². The van der Waals surface area contributed by atoms with E-state index in [4.69, 9.17) is 21.9 Å². The van der Waals surface area contributed by atoms with E-state index in [-0.39, 0.29) is 18.1 Å². The second-order valence-electron chi connectivity index (χ2n) is 5.52. The monoisotopic (exact) mass is 506 g/mol. The van der Waals surface area contributed by atoms with Crippen LogP contribution in [0.1, 0.15) is 18.4 Å². The first kappa shape index (κ1) is 23.2. The first-order valence-electron chi connectivity index (χ1n) is 8.24. The van der Waals surface area contributed by atoms with E-state index in [0.717, 1.165) is 20.9 Å². The highest BCUT2D eigenvalue weighted by atomic mass is 79.9. The van der Waals surface area contributed by atoms with Gasteiger partial charge in [0.2, 0.25) is 0 Å². The molecule has 0 bridgehead atoms. The third kappa shape index (κ3) is 8.59. The van der Waals surface area contributed by atoms with Crippen molar-refractivity contribution in [3.63, 3.8) is 0 Å². The van der Waals surface area contributed by atoms with Crippen LogP contribution in [0.3, 0.4) is 0 Å². The standard InChI is InChI=1S/C16H24Br2N6O3/c17-11-7-10(8-12(18)14(11)27-6-1-3-19)9-13(24-26)15(25)22-4-2-5-23-16(20)21/h7-8,26H,1-6,9,19H2,(H,22,25)(H4,20,21,23)/b24-13+. The number of halogens is 2. The quantitative estimate of drug-likeness (QED) is 0.0989. The Bertz CT molecular complexity index is 670. The molecule has 0 unspecified atom stereocenters. The topological polar surface area (TPSA) is 161 Å². The number of carbonyl (C=O) groups is 1. The largest absolute Gasteiger partial charge is 0.491 e. The molecule has 27 heavy (non-hydrogen) atoms. The summed E-state index contributed by atoms with van der Waals surface area (Å²) in [4.78, 5) is 16.0. The molecular weight excluding hydrogens is 484 g/mol. The van der Waals surface area contributed by atoms with Crippen LogP contribution in [0.25, 0.3) is 0 Å². The second kappa shape index (κ2) is 12.5. The summed E-state index contributed by atoms with van der Waals surface area (Å²) in [6.45, 7) is 1.80. The molecule has 1 aromatic rings. The summed E-state index contributed by atoms with van der Waals surface area (Å²) in [6.07, 6.45) is 1.45. The number of nitrogens with two attached hydrogens (primary N) is 3. The number of nitrogens with zero attached hydrogens (tertiary/aromatic N) is 2. The van der Waals surface area contributed by atoms with Crippen LogP contribution in [0.2, 0.25) is 0 Å². The Balaban J connectivity index is 2.66. The van der Waals surface area contributed by atoms with Crippen molar-refractivity contribution in [1.82, 2.24) is 5.32 Å². The molecule has 0 spiro atoms. The van der Waals surface area contributed by atoms with Gasteiger partial charge in [0.15, 0.2) is 5.96 Å². The molecule has 1 aromatic carbocycles. The van der Waals surface area contributed by atoms with Gasteiger partial charge in [0.05, 0.1) is 15.6 Å². The first-order chi connectivity index (χ1) is 12.9. The van der Waals surface area contributed by atoms with E-state index in [1.54, 1.807) is 12.1 Å². The zero-order valence-corrected chi connectivity index (χ0v) is 17.9. The molecule has 0 aliphatic heterocycles. The predicted octanol–water partition coefficient (Wildman–Crippen LogP) is 1.09. The summed E-state index contributed by atoms with van der Waals surface area (Å²) in [5, 5.41) is 15.0. The fourth-order valence-electron chi connectivity index (χ4n) is 2.06. The SMILES string of the molecule is NCCCOc1c(Br)cc(C/C(=N\O)C(=O)NCCCN=C(N)N)cc1Br. The molecule has 0 aliphatic rings. The molecular formula is C16H24Br2N6O3. The molecule has 0 radical (unpaired) electrons. The molecule has 0 saturated heterocycles. The third-order valence-electron chi connectivity index (χ3n) is 3.32. The number of aliphatic imine (C=N–C) groups is 1. The van der Waals surface area contributed by atoms with Gasteiger partial charge in [0.1, 0.15) is 11.5 Å². The molecule has 150 valence electrons. The number of amides is 1. The van der Waals surface area contributed by atoms with Gasteiger partial charge in [0, 0.05) is 19.5 Å². The van der Waals surface area contributed by atoms with E-state index in [1.165, 1.54) is 0 Å². The summed E-state index contributed by atoms with van der Waals surface area (Å²) in [7, 11) is 0. The van der Waals surface area contributed by atoms with Crippen LogP contribution in [0.15, 0.2) is 31.2 Å².